The lowest BCUT2D eigenvalue weighted by atomic mass is 10.1. The Bertz CT molecular complexity index is 639. The smallest absolute Gasteiger partial charge is 0.264 e. The highest BCUT2D eigenvalue weighted by molar-refractivity contribution is 6.01. The minimum absolute atomic E-state index is 0.0373. The SMILES string of the molecule is N#C/C(=C\c1ccc(OCC(=O)[O-])cc1)C(=O)N1CCOCC1. The van der Waals surface area contributed by atoms with Gasteiger partial charge in [-0.15, -0.1) is 0 Å². The number of rotatable bonds is 5. The predicted octanol–water partition coefficient (Wildman–Crippen LogP) is -0.419. The van der Waals surface area contributed by atoms with Crippen LogP contribution in [0.5, 0.6) is 5.75 Å². The molecule has 1 amide bonds. The van der Waals surface area contributed by atoms with Crippen LogP contribution in [0.15, 0.2) is 29.8 Å². The van der Waals surface area contributed by atoms with Crippen molar-refractivity contribution in [2.75, 3.05) is 32.9 Å². The lowest BCUT2D eigenvalue weighted by molar-refractivity contribution is -0.307. The van der Waals surface area contributed by atoms with E-state index in [1.807, 2.05) is 6.07 Å². The maximum atomic E-state index is 12.3. The molecule has 120 valence electrons. The van der Waals surface area contributed by atoms with Gasteiger partial charge in [0.25, 0.3) is 5.91 Å². The van der Waals surface area contributed by atoms with Crippen LogP contribution in [-0.2, 0) is 14.3 Å². The van der Waals surface area contributed by atoms with Crippen LogP contribution in [0.2, 0.25) is 0 Å². The Morgan fingerprint density at radius 3 is 2.52 bits per heavy atom. The second kappa shape index (κ2) is 7.96. The van der Waals surface area contributed by atoms with Crippen molar-refractivity contribution < 1.29 is 24.2 Å². The first kappa shape index (κ1) is 16.5. The molecule has 1 aliphatic rings. The third-order valence-electron chi connectivity index (χ3n) is 3.20. The average Bonchev–Trinajstić information content (AvgIpc) is 2.59. The van der Waals surface area contributed by atoms with Gasteiger partial charge in [0.15, 0.2) is 0 Å². The molecule has 0 unspecified atom stereocenters. The van der Waals surface area contributed by atoms with Crippen molar-refractivity contribution in [3.05, 3.63) is 35.4 Å². The van der Waals surface area contributed by atoms with Gasteiger partial charge in [0.05, 0.1) is 19.2 Å². The van der Waals surface area contributed by atoms with Gasteiger partial charge in [-0.2, -0.15) is 5.26 Å². The van der Waals surface area contributed by atoms with E-state index in [2.05, 4.69) is 0 Å². The summed E-state index contributed by atoms with van der Waals surface area (Å²) in [5.41, 5.74) is 0.680. The molecule has 1 saturated heterocycles. The number of benzene rings is 1. The summed E-state index contributed by atoms with van der Waals surface area (Å²) in [6, 6.07) is 8.30. The first-order valence-electron chi connectivity index (χ1n) is 7.01. The van der Waals surface area contributed by atoms with Gasteiger partial charge in [-0.25, -0.2) is 0 Å². The number of hydrogen-bond acceptors (Lipinski definition) is 6. The second-order valence-electron chi connectivity index (χ2n) is 4.80. The van der Waals surface area contributed by atoms with Crippen molar-refractivity contribution in [3.8, 4) is 11.8 Å². The van der Waals surface area contributed by atoms with E-state index in [4.69, 9.17) is 9.47 Å². The molecule has 0 spiro atoms. The fraction of sp³-hybridized carbons (Fsp3) is 0.312. The molecule has 0 N–H and O–H groups in total. The summed E-state index contributed by atoms with van der Waals surface area (Å²) in [5, 5.41) is 19.5. The van der Waals surface area contributed by atoms with Crippen LogP contribution in [0.1, 0.15) is 5.56 Å². The van der Waals surface area contributed by atoms with E-state index in [-0.39, 0.29) is 11.5 Å². The number of morpholine rings is 1. The van der Waals surface area contributed by atoms with Crippen LogP contribution in [0.3, 0.4) is 0 Å². The summed E-state index contributed by atoms with van der Waals surface area (Å²) < 4.78 is 10.1. The van der Waals surface area contributed by atoms with Crippen LogP contribution in [-0.4, -0.2) is 49.7 Å². The molecule has 0 bridgehead atoms. The van der Waals surface area contributed by atoms with Crippen LogP contribution < -0.4 is 9.84 Å². The number of nitrogens with zero attached hydrogens (tertiary/aromatic N) is 2. The van der Waals surface area contributed by atoms with Crippen molar-refractivity contribution in [1.29, 1.82) is 5.26 Å². The normalized spacial score (nSPS) is 14.9. The molecule has 7 heteroatoms. The summed E-state index contributed by atoms with van der Waals surface area (Å²) in [7, 11) is 0. The number of carbonyl (C=O) groups is 2. The van der Waals surface area contributed by atoms with Gasteiger partial charge in [-0.1, -0.05) is 12.1 Å². The molecule has 1 fully saturated rings. The van der Waals surface area contributed by atoms with Crippen molar-refractivity contribution in [3.63, 3.8) is 0 Å². The summed E-state index contributed by atoms with van der Waals surface area (Å²) in [5.74, 6) is -1.27. The molecule has 1 heterocycles. The topological polar surface area (TPSA) is 103 Å². The molecule has 1 aliphatic heterocycles. The maximum absolute atomic E-state index is 12.3. The van der Waals surface area contributed by atoms with Gasteiger partial charge < -0.3 is 24.3 Å². The Morgan fingerprint density at radius 2 is 1.96 bits per heavy atom. The number of nitriles is 1. The molecule has 0 aromatic heterocycles. The zero-order valence-corrected chi connectivity index (χ0v) is 12.4. The van der Waals surface area contributed by atoms with Crippen LogP contribution in [0.4, 0.5) is 0 Å². The monoisotopic (exact) mass is 315 g/mol. The molecular weight excluding hydrogens is 300 g/mol. The zero-order valence-electron chi connectivity index (χ0n) is 12.4. The van der Waals surface area contributed by atoms with E-state index in [1.165, 1.54) is 6.08 Å². The highest BCUT2D eigenvalue weighted by Crippen LogP contribution is 2.15. The molecule has 7 nitrogen and oxygen atoms in total. The van der Waals surface area contributed by atoms with Gasteiger partial charge in [0, 0.05) is 13.1 Å². The van der Waals surface area contributed by atoms with Gasteiger partial charge in [-0.3, -0.25) is 4.79 Å². The van der Waals surface area contributed by atoms with Crippen molar-refractivity contribution in [2.24, 2.45) is 0 Å². The Hall–Kier alpha value is -2.85. The molecule has 1 aromatic carbocycles. The Labute approximate surface area is 133 Å². The van der Waals surface area contributed by atoms with Crippen molar-refractivity contribution in [1.82, 2.24) is 4.90 Å². The zero-order chi connectivity index (χ0) is 16.7. The Balaban J connectivity index is 2.06. The molecule has 0 aliphatic carbocycles. The van der Waals surface area contributed by atoms with E-state index >= 15 is 0 Å². The van der Waals surface area contributed by atoms with E-state index < -0.39 is 12.6 Å². The molecular formula is C16H15N2O5-. The number of aliphatic carboxylic acids is 1. The Kier molecular flexibility index (Phi) is 5.72. The summed E-state index contributed by atoms with van der Waals surface area (Å²) in [4.78, 5) is 24.2. The van der Waals surface area contributed by atoms with Gasteiger partial charge in [0.1, 0.15) is 24.0 Å². The summed E-state index contributed by atoms with van der Waals surface area (Å²) in [6.07, 6.45) is 1.49. The van der Waals surface area contributed by atoms with Gasteiger partial charge >= 0.3 is 0 Å². The van der Waals surface area contributed by atoms with Crippen LogP contribution in [0.25, 0.3) is 6.08 Å². The fourth-order valence-electron chi connectivity index (χ4n) is 2.05. The molecule has 1 aromatic rings. The van der Waals surface area contributed by atoms with Crippen molar-refractivity contribution >= 4 is 18.0 Å². The molecule has 0 atom stereocenters. The van der Waals surface area contributed by atoms with Gasteiger partial charge in [-0.05, 0) is 23.8 Å². The quantitative estimate of drug-likeness (QED) is 0.540. The number of carbonyl (C=O) groups excluding carboxylic acids is 2. The number of carboxylic acid groups (broad SMARTS) is 1. The minimum atomic E-state index is -1.31. The second-order valence-corrected chi connectivity index (χ2v) is 4.80. The fourth-order valence-corrected chi connectivity index (χ4v) is 2.05. The lowest BCUT2D eigenvalue weighted by Crippen LogP contribution is -2.41. The average molecular weight is 315 g/mol. The highest BCUT2D eigenvalue weighted by Gasteiger charge is 2.20. The number of hydrogen-bond donors (Lipinski definition) is 0. The third-order valence-corrected chi connectivity index (χ3v) is 3.20. The maximum Gasteiger partial charge on any atom is 0.264 e. The summed E-state index contributed by atoms with van der Waals surface area (Å²) >= 11 is 0. The molecule has 2 rings (SSSR count). The van der Waals surface area contributed by atoms with Crippen LogP contribution >= 0.6 is 0 Å². The van der Waals surface area contributed by atoms with E-state index in [1.54, 1.807) is 29.2 Å². The first-order chi connectivity index (χ1) is 11.1. The van der Waals surface area contributed by atoms with E-state index in [0.29, 0.717) is 37.6 Å². The number of amides is 1. The third kappa shape index (κ3) is 4.83. The highest BCUT2D eigenvalue weighted by atomic mass is 16.5. The molecule has 0 radical (unpaired) electrons. The molecule has 23 heavy (non-hydrogen) atoms. The Morgan fingerprint density at radius 1 is 1.30 bits per heavy atom. The minimum Gasteiger partial charge on any atom is -0.546 e. The van der Waals surface area contributed by atoms with Gasteiger partial charge in [0.2, 0.25) is 0 Å². The largest absolute Gasteiger partial charge is 0.546 e. The van der Waals surface area contributed by atoms with Crippen LogP contribution in [0, 0.1) is 11.3 Å². The number of carboxylic acids is 1. The standard InChI is InChI=1S/C16H16N2O5/c17-10-13(16(21)18-5-7-22-8-6-18)9-12-1-3-14(4-2-12)23-11-15(19)20/h1-4,9H,5-8,11H2,(H,19,20)/p-1/b13-9+. The van der Waals surface area contributed by atoms with Crippen molar-refractivity contribution in [2.45, 2.75) is 0 Å². The van der Waals surface area contributed by atoms with E-state index in [9.17, 15) is 20.0 Å². The van der Waals surface area contributed by atoms with E-state index in [0.717, 1.165) is 0 Å². The predicted molar refractivity (Wildman–Crippen MR) is 77.9 cm³/mol. The summed E-state index contributed by atoms with van der Waals surface area (Å²) in [6.45, 7) is 1.33. The number of ether oxygens (including phenoxy) is 2. The first-order valence-corrected chi connectivity index (χ1v) is 7.01. The molecule has 0 saturated carbocycles. The lowest BCUT2D eigenvalue weighted by Gasteiger charge is -2.26.